The van der Waals surface area contributed by atoms with E-state index in [4.69, 9.17) is 14.6 Å². The van der Waals surface area contributed by atoms with E-state index >= 15 is 0 Å². The number of halogens is 1. The van der Waals surface area contributed by atoms with E-state index < -0.39 is 36.8 Å². The monoisotopic (exact) mass is 653 g/mol. The highest BCUT2D eigenvalue weighted by molar-refractivity contribution is 5.79. The van der Waals surface area contributed by atoms with Gasteiger partial charge >= 0.3 is 6.09 Å². The van der Waals surface area contributed by atoms with Crippen LogP contribution in [0.5, 0.6) is 5.75 Å². The molecule has 1 aromatic carbocycles. The normalized spacial score (nSPS) is 21.0. The molecule has 12 nitrogen and oxygen atoms in total. The Balaban J connectivity index is 1.06. The van der Waals surface area contributed by atoms with Crippen LogP contribution in [0.1, 0.15) is 57.9 Å². The highest BCUT2D eigenvalue weighted by atomic mass is 19.1. The molecule has 0 radical (unpaired) electrons. The highest BCUT2D eigenvalue weighted by Gasteiger charge is 2.46. The Kier molecular flexibility index (Phi) is 13.0. The highest BCUT2D eigenvalue weighted by Crippen LogP contribution is 2.54. The second-order valence-corrected chi connectivity index (χ2v) is 13.7. The molecular weight excluding hydrogens is 601 g/mol. The number of nitrogens with zero attached hydrogens (tertiary/aromatic N) is 2. The van der Waals surface area contributed by atoms with Gasteiger partial charge in [-0.1, -0.05) is 6.07 Å². The molecule has 1 saturated carbocycles. The molecule has 1 aromatic rings. The first-order valence-corrected chi connectivity index (χ1v) is 16.6. The summed E-state index contributed by atoms with van der Waals surface area (Å²) in [6.07, 6.45) is -0.203. The third kappa shape index (κ3) is 9.74. The average molecular weight is 654 g/mol. The van der Waals surface area contributed by atoms with Crippen molar-refractivity contribution in [2.24, 2.45) is 17.3 Å². The van der Waals surface area contributed by atoms with E-state index in [0.29, 0.717) is 48.9 Å². The summed E-state index contributed by atoms with van der Waals surface area (Å²) in [4.78, 5) is 28.3. The number of aliphatic hydroxyl groups is 5. The molecule has 2 heterocycles. The van der Waals surface area contributed by atoms with Crippen LogP contribution in [0.25, 0.3) is 0 Å². The molecule has 46 heavy (non-hydrogen) atoms. The molecular formula is C33H52FN3O9. The minimum absolute atomic E-state index is 0.0416. The van der Waals surface area contributed by atoms with Crippen molar-refractivity contribution < 1.29 is 49.0 Å². The van der Waals surface area contributed by atoms with Crippen LogP contribution in [0.15, 0.2) is 18.2 Å². The van der Waals surface area contributed by atoms with E-state index in [9.17, 15) is 34.4 Å². The van der Waals surface area contributed by atoms with E-state index in [1.807, 2.05) is 18.7 Å². The Labute approximate surface area is 270 Å². The first kappa shape index (κ1) is 36.3. The van der Waals surface area contributed by atoms with Crippen molar-refractivity contribution in [3.05, 3.63) is 29.6 Å². The van der Waals surface area contributed by atoms with Crippen LogP contribution < -0.4 is 10.1 Å². The van der Waals surface area contributed by atoms with Crippen LogP contribution in [-0.2, 0) is 16.0 Å². The number of likely N-dealkylation sites (tertiary alicyclic amines) is 2. The summed E-state index contributed by atoms with van der Waals surface area (Å²) >= 11 is 0. The van der Waals surface area contributed by atoms with Gasteiger partial charge in [-0.05, 0) is 75.3 Å². The first-order chi connectivity index (χ1) is 21.9. The van der Waals surface area contributed by atoms with Crippen LogP contribution >= 0.6 is 0 Å². The Morgan fingerprint density at radius 2 is 1.70 bits per heavy atom. The lowest BCUT2D eigenvalue weighted by molar-refractivity contribution is -0.136. The topological polar surface area (TPSA) is 172 Å². The predicted molar refractivity (Wildman–Crippen MR) is 166 cm³/mol. The number of nitrogens with one attached hydrogen (secondary N) is 1. The fraction of sp³-hybridized carbons (Fsp3) is 0.758. The smallest absolute Gasteiger partial charge is 0.410 e. The maximum Gasteiger partial charge on any atom is 0.410 e. The van der Waals surface area contributed by atoms with E-state index in [1.165, 1.54) is 18.9 Å². The average Bonchev–Trinajstić information content (AvgIpc) is 2.99. The van der Waals surface area contributed by atoms with Gasteiger partial charge in [0.05, 0.1) is 31.8 Å². The molecule has 3 fully saturated rings. The standard InChI is InChI=1S/C33H52FN3O9/c1-21(2)46-32(44)36-9-7-33(8-10-36)14-22(15-33)4-3-11-45-25-6-5-24(26(34)13-25)12-29(41)37-18-23(19-37)16-35-17-27(39)30(42)31(43)28(40)20-38/h5-6,13,21-23,27-28,30-31,35,38-40,42-43H,3-4,7-12,14-20H2,1-2H3/t27-,28+,30+,31+/m0/s1. The van der Waals surface area contributed by atoms with Gasteiger partial charge in [-0.25, -0.2) is 9.18 Å². The van der Waals surface area contributed by atoms with Crippen LogP contribution in [0.4, 0.5) is 9.18 Å². The molecule has 3 aliphatic rings. The zero-order valence-corrected chi connectivity index (χ0v) is 27.0. The predicted octanol–water partition coefficient (Wildman–Crippen LogP) is 1.05. The second-order valence-electron chi connectivity index (χ2n) is 13.7. The van der Waals surface area contributed by atoms with Crippen molar-refractivity contribution in [1.29, 1.82) is 0 Å². The summed E-state index contributed by atoms with van der Waals surface area (Å²) in [5.74, 6) is 0.571. The molecule has 6 N–H and O–H groups in total. The molecule has 4 rings (SSSR count). The lowest BCUT2D eigenvalue weighted by Gasteiger charge is -2.52. The van der Waals surface area contributed by atoms with Gasteiger partial charge in [-0.15, -0.1) is 0 Å². The van der Waals surface area contributed by atoms with Gasteiger partial charge in [-0.3, -0.25) is 4.79 Å². The van der Waals surface area contributed by atoms with E-state index in [-0.39, 0.29) is 37.0 Å². The Hall–Kier alpha value is -2.55. The lowest BCUT2D eigenvalue weighted by Crippen LogP contribution is -2.55. The van der Waals surface area contributed by atoms with Gasteiger partial charge in [0, 0.05) is 51.3 Å². The summed E-state index contributed by atoms with van der Waals surface area (Å²) in [6.45, 7) is 6.39. The molecule has 2 amide bonds. The molecule has 13 heteroatoms. The Morgan fingerprint density at radius 3 is 2.33 bits per heavy atom. The third-order valence-corrected chi connectivity index (χ3v) is 9.68. The number of hydrogen-bond donors (Lipinski definition) is 6. The number of carbonyl (C=O) groups is 2. The van der Waals surface area contributed by atoms with Crippen LogP contribution in [-0.4, -0.2) is 130 Å². The van der Waals surface area contributed by atoms with Crippen molar-refractivity contribution in [3.8, 4) is 5.75 Å². The van der Waals surface area contributed by atoms with Gasteiger partial charge in [0.25, 0.3) is 0 Å². The lowest BCUT2D eigenvalue weighted by atomic mass is 9.56. The molecule has 4 atom stereocenters. The number of piperidine rings is 1. The van der Waals surface area contributed by atoms with Crippen molar-refractivity contribution in [1.82, 2.24) is 15.1 Å². The van der Waals surface area contributed by atoms with Gasteiger partial charge in [-0.2, -0.15) is 0 Å². The molecule has 0 aromatic heterocycles. The van der Waals surface area contributed by atoms with Gasteiger partial charge in [0.2, 0.25) is 5.91 Å². The van der Waals surface area contributed by atoms with E-state index in [2.05, 4.69) is 5.32 Å². The zero-order chi connectivity index (χ0) is 33.4. The van der Waals surface area contributed by atoms with Crippen LogP contribution in [0.2, 0.25) is 0 Å². The number of hydrogen-bond acceptors (Lipinski definition) is 10. The SMILES string of the molecule is CC(C)OC(=O)N1CCC2(CC1)CC(CCCOc1ccc(CC(=O)N3CC(CNC[C@H](O)[C@@H](O)[C@H](O)[C@H](O)CO)C3)c(F)c1)C2. The molecule has 260 valence electrons. The third-order valence-electron chi connectivity index (χ3n) is 9.68. The van der Waals surface area contributed by atoms with Crippen LogP contribution in [0, 0.1) is 23.1 Å². The van der Waals surface area contributed by atoms with E-state index in [0.717, 1.165) is 38.8 Å². The summed E-state index contributed by atoms with van der Waals surface area (Å²) in [5.41, 5.74) is 0.666. The van der Waals surface area contributed by atoms with Crippen LogP contribution in [0.3, 0.4) is 0 Å². The van der Waals surface area contributed by atoms with Crippen molar-refractivity contribution in [3.63, 3.8) is 0 Å². The number of carbonyl (C=O) groups excluding carboxylic acids is 2. The number of ether oxygens (including phenoxy) is 2. The zero-order valence-electron chi connectivity index (χ0n) is 27.0. The minimum Gasteiger partial charge on any atom is -0.493 e. The van der Waals surface area contributed by atoms with Crippen molar-refractivity contribution >= 4 is 12.0 Å². The molecule has 1 aliphatic carbocycles. The molecule has 1 spiro atoms. The number of amides is 2. The largest absolute Gasteiger partial charge is 0.493 e. The maximum atomic E-state index is 14.8. The van der Waals surface area contributed by atoms with Gasteiger partial charge in [0.1, 0.15) is 29.9 Å². The fourth-order valence-corrected chi connectivity index (χ4v) is 6.84. The van der Waals surface area contributed by atoms with Crippen molar-refractivity contribution in [2.75, 3.05) is 52.5 Å². The quantitative estimate of drug-likeness (QED) is 0.142. The van der Waals surface area contributed by atoms with E-state index in [1.54, 1.807) is 17.0 Å². The maximum absolute atomic E-state index is 14.8. The van der Waals surface area contributed by atoms with Gasteiger partial charge in [0.15, 0.2) is 0 Å². The Morgan fingerprint density at radius 1 is 1.02 bits per heavy atom. The minimum atomic E-state index is -1.68. The fourth-order valence-electron chi connectivity index (χ4n) is 6.84. The van der Waals surface area contributed by atoms with Gasteiger partial charge < -0.3 is 50.1 Å². The number of benzene rings is 1. The summed E-state index contributed by atoms with van der Waals surface area (Å²) < 4.78 is 25.9. The summed E-state index contributed by atoms with van der Waals surface area (Å²) in [5, 5.41) is 50.7. The molecule has 2 aliphatic heterocycles. The second kappa shape index (κ2) is 16.5. The summed E-state index contributed by atoms with van der Waals surface area (Å²) in [6, 6.07) is 4.62. The molecule has 0 bridgehead atoms. The van der Waals surface area contributed by atoms with Crippen molar-refractivity contribution in [2.45, 2.75) is 89.3 Å². The molecule has 2 saturated heterocycles. The number of aliphatic hydroxyl groups excluding tert-OH is 5. The first-order valence-electron chi connectivity index (χ1n) is 16.6. The number of rotatable bonds is 16. The Bertz CT molecular complexity index is 1140. The summed E-state index contributed by atoms with van der Waals surface area (Å²) in [7, 11) is 0. The molecule has 0 unspecified atom stereocenters.